The van der Waals surface area contributed by atoms with E-state index in [0.29, 0.717) is 10.5 Å². The fourth-order valence-electron chi connectivity index (χ4n) is 4.32. The zero-order chi connectivity index (χ0) is 30.4. The molecule has 0 atom stereocenters. The van der Waals surface area contributed by atoms with Crippen LogP contribution >= 0.6 is 0 Å². The van der Waals surface area contributed by atoms with Crippen LogP contribution in [0.15, 0.2) is 42.6 Å². The van der Waals surface area contributed by atoms with E-state index in [2.05, 4.69) is 10.3 Å². The first kappa shape index (κ1) is 29.7. The molecule has 2 aromatic carbocycles. The molecule has 2 N–H and O–H groups in total. The molecule has 0 saturated carbocycles. The molecule has 1 aromatic heterocycles. The van der Waals surface area contributed by atoms with Gasteiger partial charge in [0.1, 0.15) is 30.2 Å². The highest BCUT2D eigenvalue weighted by Gasteiger charge is 2.37. The molecule has 0 unspecified atom stereocenters. The molecule has 1 aliphatic rings. The number of carbonyl (C=O) groups is 5. The topological polar surface area (TPSA) is 165 Å². The van der Waals surface area contributed by atoms with Crippen molar-refractivity contribution in [1.29, 1.82) is 0 Å². The predicted octanol–water partition coefficient (Wildman–Crippen LogP) is 2.87. The van der Waals surface area contributed by atoms with Crippen molar-refractivity contribution in [2.75, 3.05) is 26.3 Å². The van der Waals surface area contributed by atoms with Gasteiger partial charge in [0.25, 0.3) is 5.91 Å². The van der Waals surface area contributed by atoms with E-state index < -0.39 is 54.6 Å². The predicted molar refractivity (Wildman–Crippen MR) is 143 cm³/mol. The molecule has 14 heteroatoms. The Balaban J connectivity index is 1.68. The molecule has 13 nitrogen and oxygen atoms in total. The molecule has 3 aromatic rings. The number of esters is 2. The fraction of sp³-hybridized carbons (Fsp3) is 0.286. The summed E-state index contributed by atoms with van der Waals surface area (Å²) in [6.07, 6.45) is 0.0398. The summed E-state index contributed by atoms with van der Waals surface area (Å²) >= 11 is 0. The van der Waals surface area contributed by atoms with Crippen molar-refractivity contribution in [2.24, 2.45) is 0 Å². The number of imide groups is 1. The van der Waals surface area contributed by atoms with Gasteiger partial charge in [0.15, 0.2) is 5.75 Å². The molecular weight excluding hydrogens is 555 g/mol. The van der Waals surface area contributed by atoms with Gasteiger partial charge in [-0.2, -0.15) is 0 Å². The lowest BCUT2D eigenvalue weighted by molar-refractivity contribution is -0.143. The quantitative estimate of drug-likeness (QED) is 0.359. The van der Waals surface area contributed by atoms with Gasteiger partial charge in [-0.25, -0.2) is 18.9 Å². The van der Waals surface area contributed by atoms with Crippen LogP contribution in [-0.4, -0.2) is 76.2 Å². The Bertz CT molecular complexity index is 1540. The van der Waals surface area contributed by atoms with Crippen molar-refractivity contribution >= 4 is 40.9 Å². The van der Waals surface area contributed by atoms with Gasteiger partial charge in [0.05, 0.1) is 25.3 Å². The minimum atomic E-state index is -1.33. The number of hydrogen-bond acceptors (Lipinski definition) is 10. The number of phenolic OH excluding ortho intramolecular Hbond substituents is 1. The second-order valence-electron chi connectivity index (χ2n) is 8.94. The third kappa shape index (κ3) is 6.37. The van der Waals surface area contributed by atoms with E-state index in [1.165, 1.54) is 54.4 Å². The first-order valence-corrected chi connectivity index (χ1v) is 12.9. The van der Waals surface area contributed by atoms with Gasteiger partial charge < -0.3 is 29.5 Å². The second-order valence-corrected chi connectivity index (χ2v) is 8.94. The maximum atomic E-state index is 13.4. The van der Waals surface area contributed by atoms with Crippen LogP contribution in [0.5, 0.6) is 11.5 Å². The molecule has 220 valence electrons. The standard InChI is InChI=1S/C28H27FN4O9/c1-3-40-20(34)12-31-27(38)33(15-21(35)41-4-2)28(39)42-25-18-6-5-11-30-23(18)24(36)22-19(25)14-32(26(22)37)13-16-7-9-17(29)10-8-16/h5-11,36H,3-4,12-15H2,1-2H3,(H,31,38). The lowest BCUT2D eigenvalue weighted by Crippen LogP contribution is -2.49. The van der Waals surface area contributed by atoms with E-state index >= 15 is 0 Å². The molecule has 0 bridgehead atoms. The summed E-state index contributed by atoms with van der Waals surface area (Å²) in [6, 6.07) is 7.37. The number of benzene rings is 2. The zero-order valence-electron chi connectivity index (χ0n) is 22.7. The van der Waals surface area contributed by atoms with Crippen LogP contribution in [-0.2, 0) is 32.2 Å². The molecular formula is C28H27FN4O9. The molecule has 2 heterocycles. The number of aromatic nitrogens is 1. The van der Waals surface area contributed by atoms with Crippen molar-refractivity contribution < 1.29 is 47.7 Å². The molecule has 4 rings (SSSR count). The molecule has 0 spiro atoms. The number of nitrogens with one attached hydrogen (secondary N) is 1. The number of hydrogen-bond donors (Lipinski definition) is 2. The van der Waals surface area contributed by atoms with Gasteiger partial charge in [-0.3, -0.25) is 19.4 Å². The number of carbonyl (C=O) groups excluding carboxylic acids is 5. The molecule has 1 aliphatic heterocycles. The molecule has 4 amide bonds. The van der Waals surface area contributed by atoms with Crippen molar-refractivity contribution in [3.05, 3.63) is 65.1 Å². The summed E-state index contributed by atoms with van der Waals surface area (Å²) in [4.78, 5) is 69.4. The first-order chi connectivity index (χ1) is 20.1. The van der Waals surface area contributed by atoms with Gasteiger partial charge in [-0.1, -0.05) is 12.1 Å². The number of ether oxygens (including phenoxy) is 3. The van der Waals surface area contributed by atoms with Crippen LogP contribution in [0.2, 0.25) is 0 Å². The van der Waals surface area contributed by atoms with E-state index in [1.54, 1.807) is 6.92 Å². The number of aromatic hydroxyl groups is 1. The summed E-state index contributed by atoms with van der Waals surface area (Å²) < 4.78 is 28.6. The van der Waals surface area contributed by atoms with E-state index in [9.17, 15) is 33.5 Å². The SMILES string of the molecule is CCOC(=O)CNC(=O)N(CC(=O)OCC)C(=O)Oc1c2c(c(O)c3ncccc13)C(=O)N(Cc1ccc(F)cc1)C2. The molecule has 0 aliphatic carbocycles. The Morgan fingerprint density at radius 1 is 1.07 bits per heavy atom. The largest absolute Gasteiger partial charge is 0.505 e. The van der Waals surface area contributed by atoms with Crippen LogP contribution in [0.25, 0.3) is 10.9 Å². The Morgan fingerprint density at radius 3 is 2.45 bits per heavy atom. The van der Waals surface area contributed by atoms with Crippen LogP contribution in [0, 0.1) is 5.82 Å². The van der Waals surface area contributed by atoms with Crippen molar-refractivity contribution in [3.63, 3.8) is 0 Å². The van der Waals surface area contributed by atoms with Crippen LogP contribution in [0.1, 0.15) is 35.3 Å². The van der Waals surface area contributed by atoms with E-state index in [4.69, 9.17) is 14.2 Å². The Morgan fingerprint density at radius 2 is 1.76 bits per heavy atom. The van der Waals surface area contributed by atoms with Crippen LogP contribution < -0.4 is 10.1 Å². The molecule has 0 radical (unpaired) electrons. The molecule has 0 fully saturated rings. The minimum Gasteiger partial charge on any atom is -0.505 e. The third-order valence-corrected chi connectivity index (χ3v) is 6.16. The normalized spacial score (nSPS) is 12.1. The van der Waals surface area contributed by atoms with Crippen molar-refractivity contribution in [3.8, 4) is 11.5 Å². The third-order valence-electron chi connectivity index (χ3n) is 6.16. The number of fused-ring (bicyclic) bond motifs is 2. The van der Waals surface area contributed by atoms with Crippen LogP contribution in [0.4, 0.5) is 14.0 Å². The summed E-state index contributed by atoms with van der Waals surface area (Å²) in [6.45, 7) is 1.64. The second kappa shape index (κ2) is 12.9. The number of amides is 4. The number of phenols is 1. The summed E-state index contributed by atoms with van der Waals surface area (Å²) in [5.74, 6) is -3.34. The molecule has 42 heavy (non-hydrogen) atoms. The Labute approximate surface area is 238 Å². The maximum absolute atomic E-state index is 13.4. The van der Waals surface area contributed by atoms with E-state index in [0.717, 1.165) is 0 Å². The lowest BCUT2D eigenvalue weighted by atomic mass is 10.0. The van der Waals surface area contributed by atoms with Gasteiger partial charge >= 0.3 is 24.1 Å². The highest BCUT2D eigenvalue weighted by atomic mass is 19.1. The van der Waals surface area contributed by atoms with Gasteiger partial charge in [-0.15, -0.1) is 0 Å². The smallest absolute Gasteiger partial charge is 0.424 e. The average Bonchev–Trinajstić information content (AvgIpc) is 3.29. The Kier molecular flexibility index (Phi) is 9.15. The van der Waals surface area contributed by atoms with E-state index in [-0.39, 0.29) is 54.1 Å². The highest BCUT2D eigenvalue weighted by Crippen LogP contribution is 2.44. The minimum absolute atomic E-state index is 0.0278. The Hall–Kier alpha value is -5.27. The van der Waals surface area contributed by atoms with Crippen molar-refractivity contribution in [2.45, 2.75) is 26.9 Å². The number of urea groups is 1. The first-order valence-electron chi connectivity index (χ1n) is 12.9. The zero-order valence-corrected chi connectivity index (χ0v) is 22.7. The van der Waals surface area contributed by atoms with E-state index in [1.807, 2.05) is 0 Å². The number of rotatable bonds is 9. The van der Waals surface area contributed by atoms with Gasteiger partial charge in [-0.05, 0) is 43.7 Å². The summed E-state index contributed by atoms with van der Waals surface area (Å²) in [5.41, 5.74) is 0.545. The number of nitrogens with zero attached hydrogens (tertiary/aromatic N) is 3. The van der Waals surface area contributed by atoms with Gasteiger partial charge in [0.2, 0.25) is 0 Å². The maximum Gasteiger partial charge on any atom is 0.424 e. The average molecular weight is 583 g/mol. The fourth-order valence-corrected chi connectivity index (χ4v) is 4.32. The highest BCUT2D eigenvalue weighted by molar-refractivity contribution is 6.09. The lowest BCUT2D eigenvalue weighted by Gasteiger charge is -2.21. The summed E-state index contributed by atoms with van der Waals surface area (Å²) in [7, 11) is 0. The number of pyridine rings is 1. The summed E-state index contributed by atoms with van der Waals surface area (Å²) in [5, 5.41) is 13.3. The number of halogens is 1. The molecule has 0 saturated heterocycles. The van der Waals surface area contributed by atoms with Gasteiger partial charge in [0, 0.05) is 23.7 Å². The van der Waals surface area contributed by atoms with Crippen LogP contribution in [0.3, 0.4) is 0 Å². The monoisotopic (exact) mass is 582 g/mol. The van der Waals surface area contributed by atoms with Crippen molar-refractivity contribution in [1.82, 2.24) is 20.1 Å².